The van der Waals surface area contributed by atoms with Crippen LogP contribution >= 0.6 is 0 Å². The molecule has 0 rings (SSSR count). The zero-order chi connectivity index (χ0) is 16.6. The standard InChI is InChI=1S/C12H20O9/c1-6(10(13)14)19-4-9(21-8(3)12(17)18)5-20-7(2)11(15)16/h6-9H,4-5H2,1-3H3,(H,13,14)(H,15,16)(H,17,18). The van der Waals surface area contributed by atoms with Gasteiger partial charge in [0.25, 0.3) is 0 Å². The summed E-state index contributed by atoms with van der Waals surface area (Å²) in [7, 11) is 0. The van der Waals surface area contributed by atoms with Gasteiger partial charge < -0.3 is 29.5 Å². The maximum atomic E-state index is 10.7. The van der Waals surface area contributed by atoms with Gasteiger partial charge in [-0.1, -0.05) is 0 Å². The molecule has 0 aliphatic rings. The third kappa shape index (κ3) is 8.23. The lowest BCUT2D eigenvalue weighted by Gasteiger charge is -2.22. The predicted molar refractivity (Wildman–Crippen MR) is 68.1 cm³/mol. The summed E-state index contributed by atoms with van der Waals surface area (Å²) in [5.41, 5.74) is 0. The second-order valence-corrected chi connectivity index (χ2v) is 4.37. The summed E-state index contributed by atoms with van der Waals surface area (Å²) in [5.74, 6) is -3.57. The van der Waals surface area contributed by atoms with Crippen molar-refractivity contribution in [2.75, 3.05) is 13.2 Å². The Labute approximate surface area is 121 Å². The number of ether oxygens (including phenoxy) is 3. The molecule has 0 fully saturated rings. The highest BCUT2D eigenvalue weighted by Gasteiger charge is 2.23. The first kappa shape index (κ1) is 19.3. The van der Waals surface area contributed by atoms with Gasteiger partial charge in [-0.3, -0.25) is 0 Å². The minimum absolute atomic E-state index is 0.239. The van der Waals surface area contributed by atoms with Crippen molar-refractivity contribution in [1.82, 2.24) is 0 Å². The van der Waals surface area contributed by atoms with E-state index in [0.717, 1.165) is 0 Å². The van der Waals surface area contributed by atoms with Gasteiger partial charge in [0, 0.05) is 0 Å². The molecule has 21 heavy (non-hydrogen) atoms. The van der Waals surface area contributed by atoms with Gasteiger partial charge in [-0.05, 0) is 20.8 Å². The Kier molecular flexibility index (Phi) is 8.51. The van der Waals surface area contributed by atoms with Crippen molar-refractivity contribution in [2.24, 2.45) is 0 Å². The molecule has 0 saturated carbocycles. The van der Waals surface area contributed by atoms with E-state index in [0.29, 0.717) is 0 Å². The van der Waals surface area contributed by atoms with Crippen molar-refractivity contribution >= 4 is 17.9 Å². The summed E-state index contributed by atoms with van der Waals surface area (Å²) in [5, 5.41) is 26.1. The van der Waals surface area contributed by atoms with Crippen LogP contribution in [0.5, 0.6) is 0 Å². The second-order valence-electron chi connectivity index (χ2n) is 4.37. The third-order valence-electron chi connectivity index (χ3n) is 2.50. The molecular formula is C12H20O9. The zero-order valence-corrected chi connectivity index (χ0v) is 12.0. The molecule has 0 aliphatic carbocycles. The molecule has 3 N–H and O–H groups in total. The van der Waals surface area contributed by atoms with Crippen molar-refractivity contribution in [3.63, 3.8) is 0 Å². The van der Waals surface area contributed by atoms with E-state index in [1.165, 1.54) is 20.8 Å². The first-order chi connectivity index (χ1) is 9.65. The number of hydrogen-bond acceptors (Lipinski definition) is 6. The Bertz CT molecular complexity index is 344. The summed E-state index contributed by atoms with van der Waals surface area (Å²) in [6.45, 7) is 3.42. The van der Waals surface area contributed by atoms with Crippen molar-refractivity contribution in [3.05, 3.63) is 0 Å². The highest BCUT2D eigenvalue weighted by atomic mass is 16.6. The van der Waals surface area contributed by atoms with Crippen LogP contribution in [0.15, 0.2) is 0 Å². The van der Waals surface area contributed by atoms with Gasteiger partial charge in [-0.15, -0.1) is 0 Å². The van der Waals surface area contributed by atoms with Crippen LogP contribution in [-0.4, -0.2) is 70.9 Å². The first-order valence-corrected chi connectivity index (χ1v) is 6.22. The molecule has 0 heterocycles. The first-order valence-electron chi connectivity index (χ1n) is 6.22. The molecule has 0 aromatic carbocycles. The molecule has 0 aromatic rings. The average molecular weight is 308 g/mol. The van der Waals surface area contributed by atoms with E-state index >= 15 is 0 Å². The van der Waals surface area contributed by atoms with Gasteiger partial charge in [0.05, 0.1) is 13.2 Å². The highest BCUT2D eigenvalue weighted by Crippen LogP contribution is 2.05. The number of carboxylic acids is 3. The van der Waals surface area contributed by atoms with Crippen molar-refractivity contribution in [3.8, 4) is 0 Å². The maximum absolute atomic E-state index is 10.7. The van der Waals surface area contributed by atoms with E-state index in [2.05, 4.69) is 0 Å². The van der Waals surface area contributed by atoms with Crippen molar-refractivity contribution < 1.29 is 43.9 Å². The van der Waals surface area contributed by atoms with Gasteiger partial charge in [0.2, 0.25) is 0 Å². The fourth-order valence-electron chi connectivity index (χ4n) is 1.12. The minimum atomic E-state index is -1.21. The summed E-state index contributed by atoms with van der Waals surface area (Å²) < 4.78 is 15.1. The molecule has 0 amide bonds. The second kappa shape index (κ2) is 9.27. The molecule has 0 aromatic heterocycles. The van der Waals surface area contributed by atoms with Crippen LogP contribution < -0.4 is 0 Å². The lowest BCUT2D eigenvalue weighted by Crippen LogP contribution is -2.37. The van der Waals surface area contributed by atoms with E-state index in [1.54, 1.807) is 0 Å². The molecule has 3 unspecified atom stereocenters. The van der Waals surface area contributed by atoms with E-state index in [1.807, 2.05) is 0 Å². The summed E-state index contributed by atoms with van der Waals surface area (Å²) in [4.78, 5) is 32.0. The van der Waals surface area contributed by atoms with Crippen LogP contribution in [0.1, 0.15) is 20.8 Å². The van der Waals surface area contributed by atoms with Crippen molar-refractivity contribution in [2.45, 2.75) is 45.2 Å². The Hall–Kier alpha value is -1.71. The molecule has 0 aliphatic heterocycles. The molecule has 9 nitrogen and oxygen atoms in total. The number of rotatable bonds is 11. The lowest BCUT2D eigenvalue weighted by molar-refractivity contribution is -0.169. The zero-order valence-electron chi connectivity index (χ0n) is 12.0. The normalized spacial score (nSPS) is 16.7. The third-order valence-corrected chi connectivity index (χ3v) is 2.50. The molecule has 0 bridgehead atoms. The fourth-order valence-corrected chi connectivity index (χ4v) is 1.12. The minimum Gasteiger partial charge on any atom is -0.479 e. The van der Waals surface area contributed by atoms with Crippen LogP contribution in [-0.2, 0) is 28.6 Å². The predicted octanol–water partition coefficient (Wildman–Crippen LogP) is -0.176. The molecule has 0 saturated heterocycles. The molecular weight excluding hydrogens is 288 g/mol. The van der Waals surface area contributed by atoms with Gasteiger partial charge in [-0.25, -0.2) is 14.4 Å². The molecule has 9 heteroatoms. The Balaban J connectivity index is 4.50. The summed E-state index contributed by atoms with van der Waals surface area (Å²) in [6.07, 6.45) is -4.27. The molecule has 0 spiro atoms. The Morgan fingerprint density at radius 3 is 1.38 bits per heavy atom. The van der Waals surface area contributed by atoms with E-state index in [9.17, 15) is 14.4 Å². The smallest absolute Gasteiger partial charge is 0.332 e. The van der Waals surface area contributed by atoms with Gasteiger partial charge >= 0.3 is 17.9 Å². The quantitative estimate of drug-likeness (QED) is 0.474. The number of carboxylic acid groups (broad SMARTS) is 3. The number of carbonyl (C=O) groups is 3. The molecule has 3 atom stereocenters. The molecule has 0 radical (unpaired) electrons. The Morgan fingerprint density at radius 1 is 0.762 bits per heavy atom. The summed E-state index contributed by atoms with van der Waals surface area (Å²) >= 11 is 0. The lowest BCUT2D eigenvalue weighted by atomic mass is 10.3. The average Bonchev–Trinajstić information content (AvgIpc) is 2.40. The van der Waals surface area contributed by atoms with E-state index in [4.69, 9.17) is 29.5 Å². The van der Waals surface area contributed by atoms with Crippen LogP contribution in [0.4, 0.5) is 0 Å². The van der Waals surface area contributed by atoms with E-state index in [-0.39, 0.29) is 13.2 Å². The number of hydrogen-bond donors (Lipinski definition) is 3. The van der Waals surface area contributed by atoms with E-state index < -0.39 is 42.3 Å². The van der Waals surface area contributed by atoms with Crippen LogP contribution in [0, 0.1) is 0 Å². The largest absolute Gasteiger partial charge is 0.479 e. The van der Waals surface area contributed by atoms with Gasteiger partial charge in [0.1, 0.15) is 6.10 Å². The SMILES string of the molecule is CC(OCC(COC(C)C(=O)O)OC(C)C(=O)O)C(=O)O. The van der Waals surface area contributed by atoms with Gasteiger partial charge in [-0.2, -0.15) is 0 Å². The summed E-state index contributed by atoms with van der Waals surface area (Å²) in [6, 6.07) is 0. The van der Waals surface area contributed by atoms with Crippen LogP contribution in [0.2, 0.25) is 0 Å². The van der Waals surface area contributed by atoms with Crippen LogP contribution in [0.25, 0.3) is 0 Å². The molecule has 122 valence electrons. The Morgan fingerprint density at radius 2 is 1.10 bits per heavy atom. The maximum Gasteiger partial charge on any atom is 0.332 e. The van der Waals surface area contributed by atoms with Gasteiger partial charge in [0.15, 0.2) is 18.3 Å². The number of aliphatic carboxylic acids is 3. The monoisotopic (exact) mass is 308 g/mol. The van der Waals surface area contributed by atoms with Crippen LogP contribution in [0.3, 0.4) is 0 Å². The fraction of sp³-hybridized carbons (Fsp3) is 0.750. The highest BCUT2D eigenvalue weighted by molar-refractivity contribution is 5.72. The topological polar surface area (TPSA) is 140 Å². The van der Waals surface area contributed by atoms with Crippen molar-refractivity contribution in [1.29, 1.82) is 0 Å².